The quantitative estimate of drug-likeness (QED) is 0.818. The van der Waals surface area contributed by atoms with Gasteiger partial charge in [0.25, 0.3) is 0 Å². The number of benzene rings is 1. The first kappa shape index (κ1) is 18.3. The van der Waals surface area contributed by atoms with E-state index in [0.717, 1.165) is 29.0 Å². The van der Waals surface area contributed by atoms with Crippen LogP contribution in [0, 0.1) is 5.92 Å². The van der Waals surface area contributed by atoms with E-state index in [1.165, 1.54) is 0 Å². The van der Waals surface area contributed by atoms with Crippen molar-refractivity contribution in [1.29, 1.82) is 0 Å². The van der Waals surface area contributed by atoms with Gasteiger partial charge in [0.05, 0.1) is 6.61 Å². The number of carbonyl (C=O) groups excluding carboxylic acids is 2. The lowest BCUT2D eigenvalue weighted by molar-refractivity contribution is -0.130. The summed E-state index contributed by atoms with van der Waals surface area (Å²) in [6.45, 7) is 5.65. The molecule has 2 N–H and O–H groups in total. The van der Waals surface area contributed by atoms with Crippen molar-refractivity contribution in [3.8, 4) is 11.5 Å². The third-order valence-electron chi connectivity index (χ3n) is 4.94. The number of likely N-dealkylation sites (tertiary alicyclic amines) is 1. The van der Waals surface area contributed by atoms with E-state index in [0.29, 0.717) is 32.5 Å². The third kappa shape index (κ3) is 4.00. The van der Waals surface area contributed by atoms with Crippen LogP contribution < -0.4 is 15.2 Å². The first-order valence-electron chi connectivity index (χ1n) is 9.20. The van der Waals surface area contributed by atoms with Crippen LogP contribution in [0.5, 0.6) is 11.5 Å². The van der Waals surface area contributed by atoms with Gasteiger partial charge in [-0.15, -0.1) is 0 Å². The Morgan fingerprint density at radius 2 is 2.08 bits per heavy atom. The lowest BCUT2D eigenvalue weighted by Crippen LogP contribution is -2.41. The Kier molecular flexibility index (Phi) is 5.49. The van der Waals surface area contributed by atoms with Crippen LogP contribution in [0.3, 0.4) is 0 Å². The summed E-state index contributed by atoms with van der Waals surface area (Å²) in [4.78, 5) is 25.4. The van der Waals surface area contributed by atoms with Gasteiger partial charge in [-0.25, -0.2) is 0 Å². The Hall–Kier alpha value is -2.50. The lowest BCUT2D eigenvalue weighted by Gasteiger charge is -2.29. The van der Waals surface area contributed by atoms with Gasteiger partial charge in [-0.3, -0.25) is 9.59 Å². The minimum absolute atomic E-state index is 0.0647. The monoisotopic (exact) mass is 358 g/mol. The van der Waals surface area contributed by atoms with Gasteiger partial charge in [0.2, 0.25) is 11.8 Å². The second kappa shape index (κ2) is 7.81. The van der Waals surface area contributed by atoms with E-state index in [1.54, 1.807) is 17.1 Å². The maximum absolute atomic E-state index is 12.5. The average molecular weight is 358 g/mol. The molecule has 0 aromatic heterocycles. The van der Waals surface area contributed by atoms with E-state index in [2.05, 4.69) is 0 Å². The smallest absolute Gasteiger partial charge is 0.246 e. The summed E-state index contributed by atoms with van der Waals surface area (Å²) in [6, 6.07) is 3.94. The van der Waals surface area contributed by atoms with Gasteiger partial charge >= 0.3 is 0 Å². The zero-order chi connectivity index (χ0) is 18.7. The van der Waals surface area contributed by atoms with Crippen molar-refractivity contribution in [2.45, 2.75) is 39.2 Å². The predicted molar refractivity (Wildman–Crippen MR) is 98.9 cm³/mol. The lowest BCUT2D eigenvalue weighted by atomic mass is 9.96. The van der Waals surface area contributed by atoms with Gasteiger partial charge in [-0.05, 0) is 44.9 Å². The maximum Gasteiger partial charge on any atom is 0.246 e. The SMILES string of the molecule is CCOc1cc2c(cc1/C=C/C(=O)N1CCC(C(N)=O)CC1)OC(C)C2. The van der Waals surface area contributed by atoms with Crippen molar-refractivity contribution < 1.29 is 19.1 Å². The van der Waals surface area contributed by atoms with Crippen molar-refractivity contribution in [3.05, 3.63) is 29.3 Å². The van der Waals surface area contributed by atoms with Crippen LogP contribution in [-0.2, 0) is 16.0 Å². The van der Waals surface area contributed by atoms with E-state index in [9.17, 15) is 9.59 Å². The van der Waals surface area contributed by atoms with E-state index in [1.807, 2.05) is 26.0 Å². The molecule has 140 valence electrons. The topological polar surface area (TPSA) is 81.9 Å². The van der Waals surface area contributed by atoms with Crippen molar-refractivity contribution in [3.63, 3.8) is 0 Å². The first-order chi connectivity index (χ1) is 12.5. The molecule has 1 unspecified atom stereocenters. The number of nitrogens with zero attached hydrogens (tertiary/aromatic N) is 1. The highest BCUT2D eigenvalue weighted by atomic mass is 16.5. The molecular weight excluding hydrogens is 332 g/mol. The molecule has 6 nitrogen and oxygen atoms in total. The molecular formula is C20H26N2O4. The van der Waals surface area contributed by atoms with Crippen molar-refractivity contribution in [2.24, 2.45) is 11.7 Å². The van der Waals surface area contributed by atoms with Crippen LogP contribution in [-0.4, -0.2) is 42.5 Å². The molecule has 6 heteroatoms. The molecule has 2 aliphatic heterocycles. The van der Waals surface area contributed by atoms with Gasteiger partial charge in [0, 0.05) is 42.6 Å². The number of primary amides is 1. The molecule has 26 heavy (non-hydrogen) atoms. The molecule has 1 saturated heterocycles. The normalized spacial score (nSPS) is 20.1. The molecule has 0 saturated carbocycles. The molecule has 0 radical (unpaired) electrons. The van der Waals surface area contributed by atoms with Crippen LogP contribution in [0.25, 0.3) is 6.08 Å². The van der Waals surface area contributed by atoms with Crippen molar-refractivity contribution in [2.75, 3.05) is 19.7 Å². The van der Waals surface area contributed by atoms with Gasteiger partial charge in [0.15, 0.2) is 0 Å². The molecule has 2 heterocycles. The number of piperidine rings is 1. The number of nitrogens with two attached hydrogens (primary N) is 1. The fraction of sp³-hybridized carbons (Fsp3) is 0.500. The highest BCUT2D eigenvalue weighted by Gasteiger charge is 2.25. The zero-order valence-corrected chi connectivity index (χ0v) is 15.4. The Balaban J connectivity index is 1.71. The minimum Gasteiger partial charge on any atom is -0.493 e. The zero-order valence-electron chi connectivity index (χ0n) is 15.4. The minimum atomic E-state index is -0.277. The van der Waals surface area contributed by atoms with Gasteiger partial charge in [-0.2, -0.15) is 0 Å². The van der Waals surface area contributed by atoms with Crippen LogP contribution in [0.15, 0.2) is 18.2 Å². The molecule has 1 atom stereocenters. The van der Waals surface area contributed by atoms with Crippen LogP contribution in [0.2, 0.25) is 0 Å². The summed E-state index contributed by atoms with van der Waals surface area (Å²) in [5, 5.41) is 0. The molecule has 0 bridgehead atoms. The highest BCUT2D eigenvalue weighted by molar-refractivity contribution is 5.92. The second-order valence-corrected chi connectivity index (χ2v) is 6.90. The summed E-state index contributed by atoms with van der Waals surface area (Å²) < 4.78 is 11.5. The third-order valence-corrected chi connectivity index (χ3v) is 4.94. The maximum atomic E-state index is 12.5. The second-order valence-electron chi connectivity index (χ2n) is 6.90. The summed E-state index contributed by atoms with van der Waals surface area (Å²) >= 11 is 0. The van der Waals surface area contributed by atoms with Gasteiger partial charge in [0.1, 0.15) is 17.6 Å². The van der Waals surface area contributed by atoms with E-state index in [-0.39, 0.29) is 23.8 Å². The van der Waals surface area contributed by atoms with E-state index in [4.69, 9.17) is 15.2 Å². The molecule has 0 aliphatic carbocycles. The summed E-state index contributed by atoms with van der Waals surface area (Å²) in [5.41, 5.74) is 7.31. The van der Waals surface area contributed by atoms with Crippen LogP contribution in [0.1, 0.15) is 37.8 Å². The largest absolute Gasteiger partial charge is 0.493 e. The number of hydrogen-bond acceptors (Lipinski definition) is 4. The van der Waals surface area contributed by atoms with Crippen molar-refractivity contribution >= 4 is 17.9 Å². The van der Waals surface area contributed by atoms with Gasteiger partial charge in [-0.1, -0.05) is 0 Å². The number of ether oxygens (including phenoxy) is 2. The molecule has 1 aromatic carbocycles. The summed E-state index contributed by atoms with van der Waals surface area (Å²) in [6.07, 6.45) is 5.63. The Morgan fingerprint density at radius 3 is 2.73 bits per heavy atom. The number of rotatable bonds is 5. The van der Waals surface area contributed by atoms with Crippen LogP contribution in [0.4, 0.5) is 0 Å². The molecule has 0 spiro atoms. The number of fused-ring (bicyclic) bond motifs is 1. The molecule has 1 fully saturated rings. The molecule has 2 amide bonds. The van der Waals surface area contributed by atoms with Gasteiger partial charge < -0.3 is 20.1 Å². The number of amides is 2. The van der Waals surface area contributed by atoms with E-state index >= 15 is 0 Å². The fourth-order valence-electron chi connectivity index (χ4n) is 3.52. The number of carbonyl (C=O) groups is 2. The Labute approximate surface area is 153 Å². The molecule has 3 rings (SSSR count). The summed E-state index contributed by atoms with van der Waals surface area (Å²) in [5.74, 6) is 1.16. The summed E-state index contributed by atoms with van der Waals surface area (Å²) in [7, 11) is 0. The van der Waals surface area contributed by atoms with Crippen molar-refractivity contribution in [1.82, 2.24) is 4.90 Å². The standard InChI is InChI=1S/C20H26N2O4/c1-3-25-17-12-16-10-13(2)26-18(16)11-15(17)4-5-19(23)22-8-6-14(7-9-22)20(21)24/h4-5,11-14H,3,6-10H2,1-2H3,(H2,21,24)/b5-4+. The number of hydrogen-bond donors (Lipinski definition) is 1. The fourth-order valence-corrected chi connectivity index (χ4v) is 3.52. The first-order valence-corrected chi connectivity index (χ1v) is 9.20. The Bertz CT molecular complexity index is 721. The highest BCUT2D eigenvalue weighted by Crippen LogP contribution is 2.35. The molecule has 2 aliphatic rings. The molecule has 1 aromatic rings. The van der Waals surface area contributed by atoms with E-state index < -0.39 is 0 Å². The Morgan fingerprint density at radius 1 is 1.35 bits per heavy atom. The average Bonchev–Trinajstić information content (AvgIpc) is 2.98. The predicted octanol–water partition coefficient (Wildman–Crippen LogP) is 2.15. The van der Waals surface area contributed by atoms with Crippen LogP contribution >= 0.6 is 0 Å².